The topological polar surface area (TPSA) is 55.1 Å². The van der Waals surface area contributed by atoms with Gasteiger partial charge in [-0.15, -0.1) is 0 Å². The average Bonchev–Trinajstić information content (AvgIpc) is 2.37. The van der Waals surface area contributed by atoms with E-state index in [0.29, 0.717) is 30.8 Å². The van der Waals surface area contributed by atoms with Gasteiger partial charge < -0.3 is 11.1 Å². The maximum atomic E-state index is 11.9. The van der Waals surface area contributed by atoms with Crippen LogP contribution in [-0.2, 0) is 4.79 Å². The molecule has 0 heterocycles. The van der Waals surface area contributed by atoms with Crippen molar-refractivity contribution in [1.29, 1.82) is 0 Å². The lowest BCUT2D eigenvalue weighted by atomic mass is 9.84. The Morgan fingerprint density at radius 1 is 1.35 bits per heavy atom. The van der Waals surface area contributed by atoms with E-state index in [-0.39, 0.29) is 5.91 Å². The van der Waals surface area contributed by atoms with Gasteiger partial charge in [0.1, 0.15) is 0 Å². The Balaban J connectivity index is 2.29. The Labute approximate surface area is 106 Å². The lowest BCUT2D eigenvalue weighted by Crippen LogP contribution is -2.40. The molecule has 1 saturated carbocycles. The van der Waals surface area contributed by atoms with Crippen LogP contribution in [-0.4, -0.2) is 18.5 Å². The molecule has 0 aromatic carbocycles. The lowest BCUT2D eigenvalue weighted by Gasteiger charge is -2.28. The summed E-state index contributed by atoms with van der Waals surface area (Å²) in [7, 11) is 0. The Bertz CT molecular complexity index is 220. The molecular weight excluding hydrogens is 212 g/mol. The summed E-state index contributed by atoms with van der Waals surface area (Å²) in [6, 6.07) is 0.332. The molecule has 0 aliphatic heterocycles. The fourth-order valence-electron chi connectivity index (χ4n) is 2.72. The number of carbonyl (C=O) groups excluding carboxylic acids is 1. The van der Waals surface area contributed by atoms with Gasteiger partial charge in [-0.3, -0.25) is 4.79 Å². The Morgan fingerprint density at radius 2 is 2.00 bits per heavy atom. The van der Waals surface area contributed by atoms with Crippen molar-refractivity contribution in [3.05, 3.63) is 0 Å². The summed E-state index contributed by atoms with van der Waals surface area (Å²) >= 11 is 0. The molecule has 0 bridgehead atoms. The van der Waals surface area contributed by atoms with E-state index < -0.39 is 0 Å². The van der Waals surface area contributed by atoms with Gasteiger partial charge in [0.2, 0.25) is 5.91 Å². The van der Waals surface area contributed by atoms with Crippen molar-refractivity contribution in [1.82, 2.24) is 5.32 Å². The Morgan fingerprint density at radius 3 is 2.53 bits per heavy atom. The van der Waals surface area contributed by atoms with E-state index in [1.807, 2.05) is 0 Å². The minimum absolute atomic E-state index is 0.181. The zero-order chi connectivity index (χ0) is 12.7. The zero-order valence-electron chi connectivity index (χ0n) is 11.4. The molecular formula is C14H28N2O. The van der Waals surface area contributed by atoms with Crippen LogP contribution in [0.2, 0.25) is 0 Å². The Hall–Kier alpha value is -0.570. The summed E-state index contributed by atoms with van der Waals surface area (Å²) in [6.45, 7) is 4.86. The van der Waals surface area contributed by atoms with Crippen LogP contribution in [0.3, 0.4) is 0 Å². The maximum absolute atomic E-state index is 11.9. The number of amides is 1. The summed E-state index contributed by atoms with van der Waals surface area (Å²) in [6.07, 6.45) is 8.13. The SMILES string of the molecule is CCC(CN)CC(=O)NC(C)C1CCCCC1. The van der Waals surface area contributed by atoms with Crippen LogP contribution >= 0.6 is 0 Å². The molecule has 0 spiro atoms. The van der Waals surface area contributed by atoms with Crippen molar-refractivity contribution in [3.63, 3.8) is 0 Å². The molecule has 17 heavy (non-hydrogen) atoms. The summed E-state index contributed by atoms with van der Waals surface area (Å²) in [5.74, 6) is 1.21. The zero-order valence-corrected chi connectivity index (χ0v) is 11.4. The average molecular weight is 240 g/mol. The highest BCUT2D eigenvalue weighted by Gasteiger charge is 2.22. The van der Waals surface area contributed by atoms with Crippen LogP contribution < -0.4 is 11.1 Å². The van der Waals surface area contributed by atoms with E-state index in [0.717, 1.165) is 6.42 Å². The first-order valence-electron chi connectivity index (χ1n) is 7.16. The van der Waals surface area contributed by atoms with E-state index in [1.54, 1.807) is 0 Å². The minimum Gasteiger partial charge on any atom is -0.353 e. The summed E-state index contributed by atoms with van der Waals surface area (Å²) in [5, 5.41) is 3.15. The molecule has 3 N–H and O–H groups in total. The van der Waals surface area contributed by atoms with Gasteiger partial charge in [0.15, 0.2) is 0 Å². The van der Waals surface area contributed by atoms with Gasteiger partial charge >= 0.3 is 0 Å². The highest BCUT2D eigenvalue weighted by molar-refractivity contribution is 5.76. The predicted molar refractivity (Wildman–Crippen MR) is 71.6 cm³/mol. The van der Waals surface area contributed by atoms with Crippen molar-refractivity contribution in [3.8, 4) is 0 Å². The standard InChI is InChI=1S/C14H28N2O/c1-3-12(10-15)9-14(17)16-11(2)13-7-5-4-6-8-13/h11-13H,3-10,15H2,1-2H3,(H,16,17). The van der Waals surface area contributed by atoms with E-state index >= 15 is 0 Å². The smallest absolute Gasteiger partial charge is 0.220 e. The van der Waals surface area contributed by atoms with Gasteiger partial charge in [0.25, 0.3) is 0 Å². The van der Waals surface area contributed by atoms with E-state index in [9.17, 15) is 4.79 Å². The van der Waals surface area contributed by atoms with Crippen LogP contribution in [0.5, 0.6) is 0 Å². The third-order valence-corrected chi connectivity index (χ3v) is 4.13. The molecule has 3 heteroatoms. The fourth-order valence-corrected chi connectivity index (χ4v) is 2.72. The van der Waals surface area contributed by atoms with Gasteiger partial charge in [0.05, 0.1) is 0 Å². The van der Waals surface area contributed by atoms with Gasteiger partial charge in [-0.2, -0.15) is 0 Å². The summed E-state index contributed by atoms with van der Waals surface area (Å²) < 4.78 is 0. The number of nitrogens with one attached hydrogen (secondary N) is 1. The highest BCUT2D eigenvalue weighted by Crippen LogP contribution is 2.26. The van der Waals surface area contributed by atoms with E-state index in [4.69, 9.17) is 5.73 Å². The monoisotopic (exact) mass is 240 g/mol. The second-order valence-electron chi connectivity index (χ2n) is 5.47. The maximum Gasteiger partial charge on any atom is 0.220 e. The quantitative estimate of drug-likeness (QED) is 0.749. The molecule has 1 aliphatic rings. The molecule has 3 nitrogen and oxygen atoms in total. The molecule has 100 valence electrons. The van der Waals surface area contributed by atoms with Crippen molar-refractivity contribution in [2.75, 3.05) is 6.54 Å². The summed E-state index contributed by atoms with van der Waals surface area (Å²) in [5.41, 5.74) is 5.63. The van der Waals surface area contributed by atoms with Crippen LogP contribution in [0.1, 0.15) is 58.8 Å². The molecule has 1 amide bonds. The summed E-state index contributed by atoms with van der Waals surface area (Å²) in [4.78, 5) is 11.9. The molecule has 1 fully saturated rings. The minimum atomic E-state index is 0.181. The number of carbonyl (C=O) groups is 1. The van der Waals surface area contributed by atoms with Gasteiger partial charge in [0, 0.05) is 12.5 Å². The fraction of sp³-hybridized carbons (Fsp3) is 0.929. The van der Waals surface area contributed by atoms with Crippen LogP contribution in [0.4, 0.5) is 0 Å². The third-order valence-electron chi connectivity index (χ3n) is 4.13. The number of rotatable bonds is 6. The molecule has 1 aliphatic carbocycles. The van der Waals surface area contributed by atoms with Gasteiger partial charge in [-0.1, -0.05) is 32.6 Å². The Kier molecular flexibility index (Phi) is 6.56. The number of hydrogen-bond donors (Lipinski definition) is 2. The number of hydrogen-bond acceptors (Lipinski definition) is 2. The predicted octanol–water partition coefficient (Wildman–Crippen LogP) is 2.45. The number of nitrogens with two attached hydrogens (primary N) is 1. The highest BCUT2D eigenvalue weighted by atomic mass is 16.1. The molecule has 0 saturated heterocycles. The van der Waals surface area contributed by atoms with E-state index in [1.165, 1.54) is 32.1 Å². The van der Waals surface area contributed by atoms with Crippen LogP contribution in [0.15, 0.2) is 0 Å². The second-order valence-corrected chi connectivity index (χ2v) is 5.47. The first-order valence-corrected chi connectivity index (χ1v) is 7.16. The third kappa shape index (κ3) is 5.07. The lowest BCUT2D eigenvalue weighted by molar-refractivity contribution is -0.123. The van der Waals surface area contributed by atoms with Gasteiger partial charge in [-0.25, -0.2) is 0 Å². The van der Waals surface area contributed by atoms with Crippen molar-refractivity contribution >= 4 is 5.91 Å². The first-order chi connectivity index (χ1) is 8.17. The van der Waals surface area contributed by atoms with Crippen molar-refractivity contribution in [2.45, 2.75) is 64.8 Å². The molecule has 2 atom stereocenters. The molecule has 0 aromatic rings. The normalized spacial score (nSPS) is 20.9. The largest absolute Gasteiger partial charge is 0.353 e. The van der Waals surface area contributed by atoms with Crippen LogP contribution in [0.25, 0.3) is 0 Å². The molecule has 0 radical (unpaired) electrons. The first kappa shape index (κ1) is 14.5. The van der Waals surface area contributed by atoms with Crippen molar-refractivity contribution < 1.29 is 4.79 Å². The molecule has 1 rings (SSSR count). The second kappa shape index (κ2) is 7.70. The van der Waals surface area contributed by atoms with Gasteiger partial charge in [-0.05, 0) is 38.1 Å². The molecule has 2 unspecified atom stereocenters. The molecule has 0 aromatic heterocycles. The van der Waals surface area contributed by atoms with E-state index in [2.05, 4.69) is 19.2 Å². The van der Waals surface area contributed by atoms with Crippen LogP contribution in [0, 0.1) is 11.8 Å². The van der Waals surface area contributed by atoms with Crippen molar-refractivity contribution in [2.24, 2.45) is 17.6 Å².